The monoisotopic (exact) mass is 369 g/mol. The van der Waals surface area contributed by atoms with Crippen molar-refractivity contribution < 1.29 is 31.4 Å². The molecule has 0 atom stereocenters. The van der Waals surface area contributed by atoms with Crippen molar-refractivity contribution in [3.05, 3.63) is 35.5 Å². The molecule has 0 unspecified atom stereocenters. The van der Waals surface area contributed by atoms with Crippen LogP contribution in [0.3, 0.4) is 0 Å². The number of benzene rings is 1. The standard InChI is InChI=1S/C11H7ClF3N3O4S/c12-9-5-8(19)10(17-16-9)18-23(20,21)7-3-1-2-6(4-7)22-11(13,14)15/h1-5H,(H,16,19)(H,17,18). The fraction of sp³-hybridized carbons (Fsp3) is 0.0909. The van der Waals surface area contributed by atoms with Gasteiger partial charge < -0.3 is 9.84 Å². The van der Waals surface area contributed by atoms with Crippen molar-refractivity contribution in [1.29, 1.82) is 0 Å². The van der Waals surface area contributed by atoms with Gasteiger partial charge in [-0.1, -0.05) is 17.7 Å². The first-order valence-corrected chi connectivity index (χ1v) is 7.54. The molecule has 2 N–H and O–H groups in total. The Balaban J connectivity index is 2.31. The van der Waals surface area contributed by atoms with Crippen LogP contribution in [0.1, 0.15) is 0 Å². The minimum atomic E-state index is -4.96. The fourth-order valence-electron chi connectivity index (χ4n) is 1.46. The largest absolute Gasteiger partial charge is 0.573 e. The second-order valence-corrected chi connectivity index (χ2v) is 6.10. The Labute approximate surface area is 132 Å². The number of rotatable bonds is 4. The van der Waals surface area contributed by atoms with E-state index in [9.17, 15) is 26.7 Å². The van der Waals surface area contributed by atoms with Crippen LogP contribution in [0.25, 0.3) is 0 Å². The Morgan fingerprint density at radius 3 is 2.52 bits per heavy atom. The van der Waals surface area contributed by atoms with Crippen molar-refractivity contribution in [3.8, 4) is 11.5 Å². The molecule has 0 saturated heterocycles. The van der Waals surface area contributed by atoms with Crippen molar-refractivity contribution in [2.24, 2.45) is 0 Å². The Kier molecular flexibility index (Phi) is 4.52. The molecule has 0 spiro atoms. The van der Waals surface area contributed by atoms with Gasteiger partial charge in [-0.15, -0.1) is 23.4 Å². The number of hydrogen-bond donors (Lipinski definition) is 2. The number of aromatic hydroxyl groups is 1. The quantitative estimate of drug-likeness (QED) is 0.858. The highest BCUT2D eigenvalue weighted by Crippen LogP contribution is 2.27. The summed E-state index contributed by atoms with van der Waals surface area (Å²) in [5.74, 6) is -1.85. The van der Waals surface area contributed by atoms with Gasteiger partial charge in [0.05, 0.1) is 4.90 Å². The molecular formula is C11H7ClF3N3O4S. The zero-order chi connectivity index (χ0) is 17.3. The normalized spacial score (nSPS) is 12.0. The van der Waals surface area contributed by atoms with Crippen LogP contribution in [0.4, 0.5) is 19.0 Å². The van der Waals surface area contributed by atoms with Gasteiger partial charge in [0.25, 0.3) is 10.0 Å². The van der Waals surface area contributed by atoms with Gasteiger partial charge in [0, 0.05) is 12.1 Å². The van der Waals surface area contributed by atoms with E-state index in [1.165, 1.54) is 0 Å². The smallest absolute Gasteiger partial charge is 0.504 e. The van der Waals surface area contributed by atoms with E-state index >= 15 is 0 Å². The van der Waals surface area contributed by atoms with Crippen LogP contribution < -0.4 is 9.46 Å². The zero-order valence-electron chi connectivity index (χ0n) is 10.9. The van der Waals surface area contributed by atoms with Crippen molar-refractivity contribution in [2.45, 2.75) is 11.3 Å². The van der Waals surface area contributed by atoms with E-state index < -0.39 is 38.6 Å². The first kappa shape index (κ1) is 17.1. The Morgan fingerprint density at radius 2 is 1.91 bits per heavy atom. The van der Waals surface area contributed by atoms with Crippen molar-refractivity contribution in [1.82, 2.24) is 10.2 Å². The topological polar surface area (TPSA) is 101 Å². The van der Waals surface area contributed by atoms with Crippen molar-refractivity contribution >= 4 is 27.4 Å². The van der Waals surface area contributed by atoms with Gasteiger partial charge in [0.15, 0.2) is 10.9 Å². The molecule has 1 aromatic heterocycles. The number of alkyl halides is 3. The average Bonchev–Trinajstić information content (AvgIpc) is 2.40. The maximum absolute atomic E-state index is 12.2. The minimum absolute atomic E-state index is 0.175. The summed E-state index contributed by atoms with van der Waals surface area (Å²) in [7, 11) is -4.33. The van der Waals surface area contributed by atoms with Crippen LogP contribution in [0.15, 0.2) is 35.2 Å². The Morgan fingerprint density at radius 1 is 1.22 bits per heavy atom. The lowest BCUT2D eigenvalue weighted by Gasteiger charge is -2.11. The third-order valence-corrected chi connectivity index (χ3v) is 3.85. The van der Waals surface area contributed by atoms with Gasteiger partial charge in [0.1, 0.15) is 5.75 Å². The van der Waals surface area contributed by atoms with Crippen LogP contribution in [0, 0.1) is 0 Å². The highest BCUT2D eigenvalue weighted by Gasteiger charge is 2.31. The van der Waals surface area contributed by atoms with Crippen molar-refractivity contribution in [3.63, 3.8) is 0 Å². The molecule has 0 fully saturated rings. The summed E-state index contributed by atoms with van der Waals surface area (Å²) in [6, 6.07) is 4.63. The van der Waals surface area contributed by atoms with E-state index in [4.69, 9.17) is 11.6 Å². The SMILES string of the molecule is O=S(=O)(Nc1nnc(Cl)cc1O)c1cccc(OC(F)(F)F)c1. The molecule has 0 aliphatic rings. The second-order valence-electron chi connectivity index (χ2n) is 4.03. The van der Waals surface area contributed by atoms with E-state index in [2.05, 4.69) is 14.9 Å². The van der Waals surface area contributed by atoms with Gasteiger partial charge in [0.2, 0.25) is 5.82 Å². The molecule has 0 radical (unpaired) electrons. The summed E-state index contributed by atoms with van der Waals surface area (Å²) >= 11 is 5.45. The highest BCUT2D eigenvalue weighted by molar-refractivity contribution is 7.92. The first-order chi connectivity index (χ1) is 10.6. The molecule has 0 amide bonds. The van der Waals surface area contributed by atoms with E-state index in [-0.39, 0.29) is 5.15 Å². The number of nitrogens with zero attached hydrogens (tertiary/aromatic N) is 2. The molecule has 0 bridgehead atoms. The average molecular weight is 370 g/mol. The van der Waals surface area contributed by atoms with Gasteiger partial charge >= 0.3 is 6.36 Å². The summed E-state index contributed by atoms with van der Waals surface area (Å²) in [5.41, 5.74) is 0. The molecule has 12 heteroatoms. The molecule has 2 aromatic rings. The number of hydrogen-bond acceptors (Lipinski definition) is 6. The number of halogens is 4. The lowest BCUT2D eigenvalue weighted by Crippen LogP contribution is -2.18. The Bertz CT molecular complexity index is 830. The molecule has 0 aliphatic heterocycles. The maximum Gasteiger partial charge on any atom is 0.573 e. The molecular weight excluding hydrogens is 363 g/mol. The molecule has 23 heavy (non-hydrogen) atoms. The molecule has 0 aliphatic carbocycles. The van der Waals surface area contributed by atoms with Crippen LogP contribution in [-0.2, 0) is 10.0 Å². The molecule has 0 saturated carbocycles. The molecule has 2 rings (SSSR count). The first-order valence-electron chi connectivity index (χ1n) is 5.68. The van der Waals surface area contributed by atoms with E-state index in [1.807, 2.05) is 4.72 Å². The van der Waals surface area contributed by atoms with Gasteiger partial charge in [-0.2, -0.15) is 0 Å². The van der Waals surface area contributed by atoms with Gasteiger partial charge in [-0.05, 0) is 12.1 Å². The van der Waals surface area contributed by atoms with E-state index in [0.29, 0.717) is 6.07 Å². The summed E-state index contributed by atoms with van der Waals surface area (Å²) in [4.78, 5) is -0.532. The van der Waals surface area contributed by atoms with Gasteiger partial charge in [-0.3, -0.25) is 4.72 Å². The Hall–Kier alpha value is -2.27. The maximum atomic E-state index is 12.2. The van der Waals surface area contributed by atoms with Crippen LogP contribution in [0.2, 0.25) is 5.15 Å². The summed E-state index contributed by atoms with van der Waals surface area (Å²) < 4.78 is 66.2. The second kappa shape index (κ2) is 6.08. The fourth-order valence-corrected chi connectivity index (χ4v) is 2.64. The van der Waals surface area contributed by atoms with E-state index in [1.54, 1.807) is 0 Å². The molecule has 1 aromatic carbocycles. The minimum Gasteiger partial charge on any atom is -0.504 e. The number of ether oxygens (including phenoxy) is 1. The summed E-state index contributed by atoms with van der Waals surface area (Å²) in [6.07, 6.45) is -4.96. The third-order valence-electron chi connectivity index (χ3n) is 2.32. The number of anilines is 1. The van der Waals surface area contributed by atoms with Crippen molar-refractivity contribution in [2.75, 3.05) is 4.72 Å². The number of nitrogens with one attached hydrogen (secondary N) is 1. The molecule has 1 heterocycles. The zero-order valence-corrected chi connectivity index (χ0v) is 12.4. The number of sulfonamides is 1. The summed E-state index contributed by atoms with van der Waals surface area (Å²) in [6.45, 7) is 0. The molecule has 124 valence electrons. The lowest BCUT2D eigenvalue weighted by molar-refractivity contribution is -0.274. The van der Waals surface area contributed by atoms with E-state index in [0.717, 1.165) is 24.3 Å². The number of aromatic nitrogens is 2. The summed E-state index contributed by atoms with van der Waals surface area (Å²) in [5, 5.41) is 16.0. The third kappa shape index (κ3) is 4.60. The predicted molar refractivity (Wildman–Crippen MR) is 72.6 cm³/mol. The predicted octanol–water partition coefficient (Wildman–Crippen LogP) is 2.54. The van der Waals surface area contributed by atoms with Crippen LogP contribution >= 0.6 is 11.6 Å². The van der Waals surface area contributed by atoms with Crippen LogP contribution in [0.5, 0.6) is 11.5 Å². The lowest BCUT2D eigenvalue weighted by atomic mass is 10.3. The molecule has 7 nitrogen and oxygen atoms in total. The van der Waals surface area contributed by atoms with Gasteiger partial charge in [-0.25, -0.2) is 8.42 Å². The highest BCUT2D eigenvalue weighted by atomic mass is 35.5. The van der Waals surface area contributed by atoms with Crippen LogP contribution in [-0.4, -0.2) is 30.1 Å².